The van der Waals surface area contributed by atoms with Crippen molar-refractivity contribution in [1.82, 2.24) is 19.7 Å². The Labute approximate surface area is 139 Å². The van der Waals surface area contributed by atoms with E-state index in [1.54, 1.807) is 12.7 Å². The van der Waals surface area contributed by atoms with Crippen molar-refractivity contribution in [3.8, 4) is 0 Å². The van der Waals surface area contributed by atoms with E-state index in [2.05, 4.69) is 17.0 Å². The molecule has 130 valence electrons. The summed E-state index contributed by atoms with van der Waals surface area (Å²) in [5.74, 6) is 0.683. The van der Waals surface area contributed by atoms with E-state index in [-0.39, 0.29) is 5.91 Å². The Kier molecular flexibility index (Phi) is 6.57. The first-order valence-electron chi connectivity index (χ1n) is 8.93. The van der Waals surface area contributed by atoms with E-state index in [0.717, 1.165) is 51.7 Å². The number of piperidine rings is 1. The fraction of sp³-hybridized carbons (Fsp3) is 0.824. The Morgan fingerprint density at radius 2 is 2.04 bits per heavy atom. The molecule has 1 amide bonds. The number of likely N-dealkylation sites (tertiary alicyclic amines) is 1. The van der Waals surface area contributed by atoms with Gasteiger partial charge in [0.1, 0.15) is 12.7 Å². The highest BCUT2D eigenvalue weighted by Gasteiger charge is 2.34. The predicted molar refractivity (Wildman–Crippen MR) is 90.7 cm³/mol. The first kappa shape index (κ1) is 17.9. The van der Waals surface area contributed by atoms with E-state index in [4.69, 9.17) is 5.73 Å². The number of amides is 1. The lowest BCUT2D eigenvalue weighted by Gasteiger charge is -2.37. The third kappa shape index (κ3) is 5.30. The smallest absolute Gasteiger partial charge is 0.242 e. The molecule has 0 radical (unpaired) electrons. The molecule has 2 rings (SSSR count). The molecular formula is C17H31N5O. The van der Waals surface area contributed by atoms with E-state index in [1.807, 2.05) is 16.5 Å². The number of nitrogens with zero attached hydrogens (tertiary/aromatic N) is 4. The minimum absolute atomic E-state index is 0.119. The molecule has 1 aromatic rings. The van der Waals surface area contributed by atoms with Crippen LogP contribution in [0.3, 0.4) is 0 Å². The topological polar surface area (TPSA) is 77.0 Å². The maximum absolute atomic E-state index is 12.7. The zero-order chi connectivity index (χ0) is 16.7. The fourth-order valence-corrected chi connectivity index (χ4v) is 3.30. The first-order valence-corrected chi connectivity index (χ1v) is 8.93. The summed E-state index contributed by atoms with van der Waals surface area (Å²) in [4.78, 5) is 18.6. The molecule has 1 atom stereocenters. The quantitative estimate of drug-likeness (QED) is 0.745. The van der Waals surface area contributed by atoms with Crippen LogP contribution < -0.4 is 5.73 Å². The summed E-state index contributed by atoms with van der Waals surface area (Å²) in [6.45, 7) is 6.58. The maximum atomic E-state index is 12.7. The van der Waals surface area contributed by atoms with Gasteiger partial charge >= 0.3 is 0 Å². The lowest BCUT2D eigenvalue weighted by Crippen LogP contribution is -2.55. The van der Waals surface area contributed by atoms with Gasteiger partial charge in [0.25, 0.3) is 0 Å². The van der Waals surface area contributed by atoms with Crippen molar-refractivity contribution in [2.24, 2.45) is 11.7 Å². The Morgan fingerprint density at radius 1 is 1.30 bits per heavy atom. The van der Waals surface area contributed by atoms with Gasteiger partial charge in [-0.25, -0.2) is 4.98 Å². The minimum Gasteiger partial charge on any atom is -0.341 e. The van der Waals surface area contributed by atoms with E-state index < -0.39 is 5.54 Å². The summed E-state index contributed by atoms with van der Waals surface area (Å²) in [5.41, 5.74) is 5.59. The Balaban J connectivity index is 1.75. The molecule has 6 heteroatoms. The van der Waals surface area contributed by atoms with Gasteiger partial charge in [0.15, 0.2) is 0 Å². The SMILES string of the molecule is CCCCCCC(C)(N)C(=O)N1CCC(Cn2cncn2)CC1. The van der Waals surface area contributed by atoms with Gasteiger partial charge in [-0.1, -0.05) is 32.6 Å². The van der Waals surface area contributed by atoms with Crippen molar-refractivity contribution in [1.29, 1.82) is 0 Å². The highest BCUT2D eigenvalue weighted by molar-refractivity contribution is 5.85. The van der Waals surface area contributed by atoms with E-state index in [1.165, 1.54) is 12.8 Å². The number of hydrogen-bond donors (Lipinski definition) is 1. The molecule has 0 saturated carbocycles. The lowest BCUT2D eigenvalue weighted by molar-refractivity contribution is -0.138. The van der Waals surface area contributed by atoms with Crippen molar-refractivity contribution in [2.75, 3.05) is 13.1 Å². The van der Waals surface area contributed by atoms with Gasteiger partial charge < -0.3 is 10.6 Å². The van der Waals surface area contributed by atoms with Crippen LogP contribution in [0.2, 0.25) is 0 Å². The average Bonchev–Trinajstić information content (AvgIpc) is 3.05. The standard InChI is InChI=1S/C17H31N5O/c1-3-4-5-6-9-17(2,18)16(23)21-10-7-15(8-11-21)12-22-14-19-13-20-22/h13-15H,3-12,18H2,1-2H3. The predicted octanol–water partition coefficient (Wildman–Crippen LogP) is 2.20. The van der Waals surface area contributed by atoms with Gasteiger partial charge in [-0.05, 0) is 32.1 Å². The van der Waals surface area contributed by atoms with Crippen molar-refractivity contribution < 1.29 is 4.79 Å². The summed E-state index contributed by atoms with van der Waals surface area (Å²) in [6, 6.07) is 0. The number of carbonyl (C=O) groups excluding carboxylic acids is 1. The summed E-state index contributed by atoms with van der Waals surface area (Å²) < 4.78 is 1.88. The summed E-state index contributed by atoms with van der Waals surface area (Å²) in [7, 11) is 0. The molecule has 0 bridgehead atoms. The highest BCUT2D eigenvalue weighted by atomic mass is 16.2. The number of rotatable bonds is 8. The van der Waals surface area contributed by atoms with Crippen LogP contribution in [0.4, 0.5) is 0 Å². The zero-order valence-electron chi connectivity index (χ0n) is 14.6. The number of unbranched alkanes of at least 4 members (excludes halogenated alkanes) is 3. The van der Waals surface area contributed by atoms with Crippen LogP contribution in [0.15, 0.2) is 12.7 Å². The van der Waals surface area contributed by atoms with Gasteiger partial charge in [0.2, 0.25) is 5.91 Å². The zero-order valence-corrected chi connectivity index (χ0v) is 14.6. The maximum Gasteiger partial charge on any atom is 0.242 e. The minimum atomic E-state index is -0.716. The second-order valence-corrected chi connectivity index (χ2v) is 7.08. The number of carbonyl (C=O) groups is 1. The van der Waals surface area contributed by atoms with Crippen LogP contribution >= 0.6 is 0 Å². The van der Waals surface area contributed by atoms with Gasteiger partial charge in [-0.15, -0.1) is 0 Å². The van der Waals surface area contributed by atoms with E-state index in [9.17, 15) is 4.79 Å². The second kappa shape index (κ2) is 8.43. The molecule has 1 unspecified atom stereocenters. The van der Waals surface area contributed by atoms with E-state index >= 15 is 0 Å². The van der Waals surface area contributed by atoms with Gasteiger partial charge in [-0.3, -0.25) is 9.48 Å². The molecule has 1 fully saturated rings. The molecule has 2 N–H and O–H groups in total. The van der Waals surface area contributed by atoms with Gasteiger partial charge in [-0.2, -0.15) is 5.10 Å². The molecule has 1 aliphatic heterocycles. The van der Waals surface area contributed by atoms with E-state index in [0.29, 0.717) is 5.92 Å². The molecule has 6 nitrogen and oxygen atoms in total. The third-order valence-electron chi connectivity index (χ3n) is 4.85. The van der Waals surface area contributed by atoms with Crippen LogP contribution in [0, 0.1) is 5.92 Å². The van der Waals surface area contributed by atoms with Crippen molar-refractivity contribution in [3.05, 3.63) is 12.7 Å². The summed E-state index contributed by atoms with van der Waals surface area (Å²) in [6.07, 6.45) is 10.7. The number of hydrogen-bond acceptors (Lipinski definition) is 4. The third-order valence-corrected chi connectivity index (χ3v) is 4.85. The molecule has 0 aliphatic carbocycles. The monoisotopic (exact) mass is 321 g/mol. The lowest BCUT2D eigenvalue weighted by atomic mass is 9.91. The Hall–Kier alpha value is -1.43. The van der Waals surface area contributed by atoms with Gasteiger partial charge in [0, 0.05) is 19.6 Å². The molecule has 23 heavy (non-hydrogen) atoms. The molecule has 2 heterocycles. The van der Waals surface area contributed by atoms with Crippen molar-refractivity contribution in [3.63, 3.8) is 0 Å². The normalized spacial score (nSPS) is 18.8. The van der Waals surface area contributed by atoms with Crippen molar-refractivity contribution >= 4 is 5.91 Å². The molecule has 0 aromatic carbocycles. The van der Waals surface area contributed by atoms with Crippen LogP contribution in [-0.4, -0.2) is 44.2 Å². The van der Waals surface area contributed by atoms with Crippen LogP contribution in [0.5, 0.6) is 0 Å². The average molecular weight is 321 g/mol. The highest BCUT2D eigenvalue weighted by Crippen LogP contribution is 2.22. The Morgan fingerprint density at radius 3 is 2.65 bits per heavy atom. The largest absolute Gasteiger partial charge is 0.341 e. The summed E-state index contributed by atoms with van der Waals surface area (Å²) >= 11 is 0. The second-order valence-electron chi connectivity index (χ2n) is 7.08. The van der Waals surface area contributed by atoms with Crippen LogP contribution in [0.25, 0.3) is 0 Å². The Bertz CT molecular complexity index is 463. The van der Waals surface area contributed by atoms with Crippen molar-refractivity contribution in [2.45, 2.75) is 70.9 Å². The molecular weight excluding hydrogens is 290 g/mol. The number of nitrogens with two attached hydrogens (primary N) is 1. The molecule has 1 aliphatic rings. The molecule has 0 spiro atoms. The number of aromatic nitrogens is 3. The first-order chi connectivity index (χ1) is 11.0. The van der Waals surface area contributed by atoms with Crippen LogP contribution in [0.1, 0.15) is 58.8 Å². The molecule has 1 saturated heterocycles. The van der Waals surface area contributed by atoms with Crippen LogP contribution in [-0.2, 0) is 11.3 Å². The fourth-order valence-electron chi connectivity index (χ4n) is 3.30. The van der Waals surface area contributed by atoms with Gasteiger partial charge in [0.05, 0.1) is 5.54 Å². The summed E-state index contributed by atoms with van der Waals surface area (Å²) in [5, 5.41) is 4.16. The molecule has 1 aromatic heterocycles.